The molecule has 0 spiro atoms. The number of hydrogen-bond acceptors (Lipinski definition) is 2. The van der Waals surface area contributed by atoms with Crippen molar-refractivity contribution in [2.45, 2.75) is 33.2 Å². The molecule has 1 aliphatic heterocycles. The van der Waals surface area contributed by atoms with E-state index in [0.717, 1.165) is 29.8 Å². The number of nitrogens with one attached hydrogen (secondary N) is 1. The summed E-state index contributed by atoms with van der Waals surface area (Å²) in [6.45, 7) is 5.39. The Morgan fingerprint density at radius 2 is 1.65 bits per heavy atom. The number of anilines is 1. The Morgan fingerprint density at radius 3 is 2.38 bits per heavy atom. The van der Waals surface area contributed by atoms with Crippen LogP contribution in [0.1, 0.15) is 28.7 Å². The number of nitrogens with zero attached hydrogens (tertiary/aromatic N) is 1. The summed E-state index contributed by atoms with van der Waals surface area (Å²) in [4.78, 5) is 27.3. The molecule has 2 aromatic rings. The Hall–Kier alpha value is -2.62. The van der Waals surface area contributed by atoms with Gasteiger partial charge in [-0.25, -0.2) is 0 Å². The Balaban J connectivity index is 1.39. The lowest BCUT2D eigenvalue weighted by molar-refractivity contribution is -0.135. The molecule has 2 amide bonds. The third-order valence-corrected chi connectivity index (χ3v) is 5.62. The number of benzene rings is 2. The van der Waals surface area contributed by atoms with Crippen molar-refractivity contribution in [3.8, 4) is 0 Å². The molecule has 2 atom stereocenters. The van der Waals surface area contributed by atoms with Crippen LogP contribution in [0.15, 0.2) is 42.5 Å². The van der Waals surface area contributed by atoms with E-state index >= 15 is 0 Å². The lowest BCUT2D eigenvalue weighted by Gasteiger charge is -2.29. The molecule has 1 saturated carbocycles. The molecule has 4 rings (SSSR count). The number of fused-ring (bicyclic) bond motifs is 1. The second kappa shape index (κ2) is 6.60. The fraction of sp³-hybridized carbons (Fsp3) is 0.364. The van der Waals surface area contributed by atoms with E-state index in [-0.39, 0.29) is 23.7 Å². The van der Waals surface area contributed by atoms with Gasteiger partial charge in [-0.05, 0) is 48.9 Å². The van der Waals surface area contributed by atoms with Crippen molar-refractivity contribution in [3.63, 3.8) is 0 Å². The Morgan fingerprint density at radius 1 is 0.962 bits per heavy atom. The normalized spacial score (nSPS) is 21.1. The van der Waals surface area contributed by atoms with E-state index in [1.54, 1.807) is 0 Å². The number of carbonyl (C=O) groups excluding carboxylic acids is 2. The van der Waals surface area contributed by atoms with Crippen LogP contribution in [0.25, 0.3) is 0 Å². The van der Waals surface area contributed by atoms with E-state index in [9.17, 15) is 9.59 Å². The average molecular weight is 348 g/mol. The van der Waals surface area contributed by atoms with Gasteiger partial charge in [0.2, 0.25) is 11.8 Å². The van der Waals surface area contributed by atoms with Crippen LogP contribution in [0.2, 0.25) is 0 Å². The number of hydrogen-bond donors (Lipinski definition) is 1. The van der Waals surface area contributed by atoms with Crippen LogP contribution in [0.3, 0.4) is 0 Å². The first-order valence-electron chi connectivity index (χ1n) is 9.27. The Bertz CT molecular complexity index is 854. The molecule has 1 fully saturated rings. The summed E-state index contributed by atoms with van der Waals surface area (Å²) < 4.78 is 0. The SMILES string of the molecule is Cc1cccc(C)c1NC(=O)C1CC1C(=O)N1CCc2ccccc2C1. The lowest BCUT2D eigenvalue weighted by atomic mass is 9.99. The van der Waals surface area contributed by atoms with Gasteiger partial charge in [-0.2, -0.15) is 0 Å². The molecule has 134 valence electrons. The van der Waals surface area contributed by atoms with Crippen molar-refractivity contribution in [1.82, 2.24) is 4.90 Å². The Kier molecular flexibility index (Phi) is 4.27. The minimum atomic E-state index is -0.196. The fourth-order valence-corrected chi connectivity index (χ4v) is 3.90. The highest BCUT2D eigenvalue weighted by molar-refractivity contribution is 6.00. The third kappa shape index (κ3) is 3.12. The maximum atomic E-state index is 12.8. The third-order valence-electron chi connectivity index (χ3n) is 5.62. The van der Waals surface area contributed by atoms with E-state index < -0.39 is 0 Å². The van der Waals surface area contributed by atoms with Gasteiger partial charge in [-0.3, -0.25) is 9.59 Å². The van der Waals surface area contributed by atoms with Crippen LogP contribution in [-0.2, 0) is 22.6 Å². The van der Waals surface area contributed by atoms with Crippen LogP contribution in [0.4, 0.5) is 5.69 Å². The summed E-state index contributed by atoms with van der Waals surface area (Å²) in [6.07, 6.45) is 1.56. The highest BCUT2D eigenvalue weighted by Crippen LogP contribution is 2.42. The summed E-state index contributed by atoms with van der Waals surface area (Å²) in [5.41, 5.74) is 5.53. The molecule has 1 N–H and O–H groups in total. The summed E-state index contributed by atoms with van der Waals surface area (Å²) in [7, 11) is 0. The summed E-state index contributed by atoms with van der Waals surface area (Å²) in [5, 5.41) is 3.03. The van der Waals surface area contributed by atoms with Gasteiger partial charge < -0.3 is 10.2 Å². The molecule has 0 bridgehead atoms. The molecule has 0 saturated heterocycles. The van der Waals surface area contributed by atoms with E-state index in [1.807, 2.05) is 49.1 Å². The van der Waals surface area contributed by atoms with Gasteiger partial charge in [0.15, 0.2) is 0 Å². The van der Waals surface area contributed by atoms with Crippen LogP contribution in [0, 0.1) is 25.7 Å². The largest absolute Gasteiger partial charge is 0.338 e. The predicted molar refractivity (Wildman–Crippen MR) is 102 cm³/mol. The molecule has 2 aliphatic rings. The van der Waals surface area contributed by atoms with Crippen molar-refractivity contribution in [3.05, 3.63) is 64.7 Å². The number of rotatable bonds is 3. The Labute approximate surface area is 154 Å². The molecule has 1 heterocycles. The van der Waals surface area contributed by atoms with Gasteiger partial charge in [0.25, 0.3) is 0 Å². The molecule has 0 radical (unpaired) electrons. The number of amides is 2. The molecule has 0 aromatic heterocycles. The van der Waals surface area contributed by atoms with Crippen LogP contribution in [0.5, 0.6) is 0 Å². The quantitative estimate of drug-likeness (QED) is 0.923. The zero-order valence-corrected chi connectivity index (χ0v) is 15.3. The minimum Gasteiger partial charge on any atom is -0.338 e. The van der Waals surface area contributed by atoms with Crippen LogP contribution < -0.4 is 5.32 Å². The molecule has 1 aliphatic carbocycles. The summed E-state index contributed by atoms with van der Waals surface area (Å²) in [6, 6.07) is 14.3. The monoisotopic (exact) mass is 348 g/mol. The molecule has 4 heteroatoms. The van der Waals surface area contributed by atoms with Crippen molar-refractivity contribution >= 4 is 17.5 Å². The zero-order chi connectivity index (χ0) is 18.3. The summed E-state index contributed by atoms with van der Waals surface area (Å²) >= 11 is 0. The van der Waals surface area contributed by atoms with Crippen molar-refractivity contribution < 1.29 is 9.59 Å². The number of aryl methyl sites for hydroxylation is 2. The van der Waals surface area contributed by atoms with Gasteiger partial charge in [0.05, 0.1) is 11.8 Å². The lowest BCUT2D eigenvalue weighted by Crippen LogP contribution is -2.37. The van der Waals surface area contributed by atoms with E-state index in [2.05, 4.69) is 17.4 Å². The molecular weight excluding hydrogens is 324 g/mol. The van der Waals surface area contributed by atoms with E-state index in [1.165, 1.54) is 11.1 Å². The van der Waals surface area contributed by atoms with Crippen molar-refractivity contribution in [2.75, 3.05) is 11.9 Å². The zero-order valence-electron chi connectivity index (χ0n) is 15.3. The van der Waals surface area contributed by atoms with Crippen molar-refractivity contribution in [2.24, 2.45) is 11.8 Å². The van der Waals surface area contributed by atoms with E-state index in [4.69, 9.17) is 0 Å². The van der Waals surface area contributed by atoms with Crippen molar-refractivity contribution in [1.29, 1.82) is 0 Å². The second-order valence-electron chi connectivity index (χ2n) is 7.48. The first kappa shape index (κ1) is 16.8. The molecule has 2 unspecified atom stereocenters. The summed E-state index contributed by atoms with van der Waals surface area (Å²) in [5.74, 6) is -0.261. The highest BCUT2D eigenvalue weighted by Gasteiger charge is 2.49. The van der Waals surface area contributed by atoms with Crippen LogP contribution in [-0.4, -0.2) is 23.3 Å². The standard InChI is InChI=1S/C22H24N2O2/c1-14-6-5-7-15(2)20(14)23-21(25)18-12-19(18)22(26)24-11-10-16-8-3-4-9-17(16)13-24/h3-9,18-19H,10-13H2,1-2H3,(H,23,25). The molecule has 4 nitrogen and oxygen atoms in total. The minimum absolute atomic E-state index is 0.0295. The van der Waals surface area contributed by atoms with E-state index in [0.29, 0.717) is 13.0 Å². The van der Waals surface area contributed by atoms with Gasteiger partial charge in [0.1, 0.15) is 0 Å². The van der Waals surface area contributed by atoms with Gasteiger partial charge in [0, 0.05) is 18.8 Å². The topological polar surface area (TPSA) is 49.4 Å². The van der Waals surface area contributed by atoms with Gasteiger partial charge in [-0.15, -0.1) is 0 Å². The first-order valence-corrected chi connectivity index (χ1v) is 9.27. The van der Waals surface area contributed by atoms with Crippen LogP contribution >= 0.6 is 0 Å². The van der Waals surface area contributed by atoms with Gasteiger partial charge >= 0.3 is 0 Å². The van der Waals surface area contributed by atoms with Gasteiger partial charge in [-0.1, -0.05) is 42.5 Å². The predicted octanol–water partition coefficient (Wildman–Crippen LogP) is 3.46. The number of carbonyl (C=O) groups is 2. The smallest absolute Gasteiger partial charge is 0.228 e. The second-order valence-corrected chi connectivity index (χ2v) is 7.48. The number of para-hydroxylation sites is 1. The fourth-order valence-electron chi connectivity index (χ4n) is 3.90. The molecule has 26 heavy (non-hydrogen) atoms. The molecular formula is C22H24N2O2. The first-order chi connectivity index (χ1) is 12.5. The maximum Gasteiger partial charge on any atom is 0.228 e. The maximum absolute atomic E-state index is 12.8. The highest BCUT2D eigenvalue weighted by atomic mass is 16.2. The average Bonchev–Trinajstić information content (AvgIpc) is 3.44. The molecule has 2 aromatic carbocycles.